The first-order valence-electron chi connectivity index (χ1n) is 10.6. The molecule has 3 rings (SSSR count). The summed E-state index contributed by atoms with van der Waals surface area (Å²) in [6.07, 6.45) is 10.9. The predicted octanol–water partition coefficient (Wildman–Crippen LogP) is 4.06. The van der Waals surface area contributed by atoms with Crippen molar-refractivity contribution in [2.24, 2.45) is 10.9 Å². The Labute approximate surface area is 183 Å². The maximum Gasteiger partial charge on any atom is 0.275 e. The molecule has 6 nitrogen and oxygen atoms in total. The Morgan fingerprint density at radius 2 is 2.20 bits per heavy atom. The van der Waals surface area contributed by atoms with Gasteiger partial charge in [0, 0.05) is 35.6 Å². The summed E-state index contributed by atoms with van der Waals surface area (Å²) in [5.41, 5.74) is 3.43. The van der Waals surface area contributed by atoms with Gasteiger partial charge in [-0.25, -0.2) is 10.5 Å². The third-order valence-electron chi connectivity index (χ3n) is 5.87. The molecule has 0 saturated carbocycles. The number of allylic oxidation sites excluding steroid dienone is 2. The van der Waals surface area contributed by atoms with Crippen LogP contribution in [0.3, 0.4) is 0 Å². The van der Waals surface area contributed by atoms with E-state index in [2.05, 4.69) is 46.9 Å². The summed E-state index contributed by atoms with van der Waals surface area (Å²) in [5, 5.41) is 12.4. The van der Waals surface area contributed by atoms with Crippen LogP contribution in [0.15, 0.2) is 41.2 Å². The molecule has 1 fully saturated rings. The van der Waals surface area contributed by atoms with Crippen LogP contribution in [0.25, 0.3) is 6.08 Å². The minimum atomic E-state index is -0.573. The lowest BCUT2D eigenvalue weighted by Gasteiger charge is -2.33. The van der Waals surface area contributed by atoms with Crippen LogP contribution in [0, 0.1) is 5.92 Å². The second-order valence-corrected chi connectivity index (χ2v) is 9.16. The summed E-state index contributed by atoms with van der Waals surface area (Å²) in [6.45, 7) is 11.8. The van der Waals surface area contributed by atoms with E-state index < -0.39 is 5.91 Å². The molecular weight excluding hydrogens is 396 g/mol. The number of piperidine rings is 1. The molecule has 1 aromatic heterocycles. The summed E-state index contributed by atoms with van der Waals surface area (Å²) in [4.78, 5) is 20.8. The van der Waals surface area contributed by atoms with Crippen LogP contribution >= 0.6 is 11.3 Å². The van der Waals surface area contributed by atoms with Gasteiger partial charge >= 0.3 is 0 Å². The molecule has 2 aliphatic rings. The molecule has 0 bridgehead atoms. The van der Waals surface area contributed by atoms with Gasteiger partial charge in [-0.05, 0) is 62.3 Å². The Balaban J connectivity index is 1.40. The average Bonchev–Trinajstić information content (AvgIpc) is 3.18. The van der Waals surface area contributed by atoms with Gasteiger partial charge in [0.15, 0.2) is 0 Å². The number of rotatable bonds is 8. The topological polar surface area (TPSA) is 77.0 Å². The van der Waals surface area contributed by atoms with Crippen molar-refractivity contribution in [1.29, 1.82) is 0 Å². The van der Waals surface area contributed by atoms with Crippen molar-refractivity contribution in [3.63, 3.8) is 0 Å². The Kier molecular flexibility index (Phi) is 8.01. The third-order valence-corrected chi connectivity index (χ3v) is 6.99. The first-order valence-corrected chi connectivity index (χ1v) is 11.4. The molecule has 1 atom stereocenters. The van der Waals surface area contributed by atoms with Crippen molar-refractivity contribution in [3.05, 3.63) is 51.5 Å². The van der Waals surface area contributed by atoms with Crippen LogP contribution in [0.2, 0.25) is 0 Å². The number of hydrogen-bond donors (Lipinski definition) is 3. The van der Waals surface area contributed by atoms with Gasteiger partial charge < -0.3 is 10.2 Å². The molecule has 2 heterocycles. The summed E-state index contributed by atoms with van der Waals surface area (Å²) in [5.74, 6) is 1.36. The predicted molar refractivity (Wildman–Crippen MR) is 124 cm³/mol. The van der Waals surface area contributed by atoms with E-state index in [1.54, 1.807) is 18.5 Å². The standard InChI is InChI=1S/C23H32N4O2S/c1-4-19(23(28)26-29)14-25-17(3)27-10-8-18(9-11-27)13-24-15-20-12-21-16(2)6-5-7-22(21)30-20/h4-5,7,12,14,16,18,24,29H,3,6,8-11,13,15H2,1-2H3,(H,26,28)/b19-4+,25-14-. The van der Waals surface area contributed by atoms with Crippen molar-refractivity contribution < 1.29 is 10.0 Å². The van der Waals surface area contributed by atoms with Gasteiger partial charge in [0.05, 0.1) is 5.57 Å². The van der Waals surface area contributed by atoms with Crippen LogP contribution in [0.4, 0.5) is 0 Å². The molecule has 1 unspecified atom stereocenters. The molecule has 1 aliphatic heterocycles. The highest BCUT2D eigenvalue weighted by Gasteiger charge is 2.20. The van der Waals surface area contributed by atoms with E-state index >= 15 is 0 Å². The fraction of sp³-hybridized carbons (Fsp3) is 0.478. The molecule has 0 aromatic carbocycles. The number of hydrogen-bond acceptors (Lipinski definition) is 6. The minimum Gasteiger partial charge on any atom is -0.357 e. The number of fused-ring (bicyclic) bond motifs is 1. The first-order chi connectivity index (χ1) is 14.5. The Morgan fingerprint density at radius 1 is 1.43 bits per heavy atom. The smallest absolute Gasteiger partial charge is 0.275 e. The number of nitrogens with one attached hydrogen (secondary N) is 2. The van der Waals surface area contributed by atoms with Gasteiger partial charge in [-0.2, -0.15) is 0 Å². The number of hydroxylamine groups is 1. The quantitative estimate of drug-likeness (QED) is 0.253. The number of amides is 1. The zero-order valence-electron chi connectivity index (χ0n) is 17.9. The lowest BCUT2D eigenvalue weighted by Crippen LogP contribution is -2.36. The van der Waals surface area contributed by atoms with Gasteiger partial charge in [0.2, 0.25) is 0 Å². The Hall–Kier alpha value is -2.22. The van der Waals surface area contributed by atoms with E-state index in [4.69, 9.17) is 5.21 Å². The number of carbonyl (C=O) groups excluding carboxylic acids is 1. The van der Waals surface area contributed by atoms with E-state index in [1.165, 1.54) is 21.5 Å². The van der Waals surface area contributed by atoms with E-state index in [9.17, 15) is 4.79 Å². The highest BCUT2D eigenvalue weighted by Crippen LogP contribution is 2.35. The molecular formula is C23H32N4O2S. The minimum absolute atomic E-state index is 0.304. The Bertz CT molecular complexity index is 847. The molecule has 7 heteroatoms. The molecule has 1 amide bonds. The summed E-state index contributed by atoms with van der Waals surface area (Å²) < 4.78 is 0. The molecule has 1 aliphatic carbocycles. The van der Waals surface area contributed by atoms with Crippen molar-refractivity contribution in [1.82, 2.24) is 15.7 Å². The number of likely N-dealkylation sites (tertiary alicyclic amines) is 1. The van der Waals surface area contributed by atoms with Gasteiger partial charge in [-0.15, -0.1) is 11.3 Å². The lowest BCUT2D eigenvalue weighted by molar-refractivity contribution is -0.124. The second kappa shape index (κ2) is 10.7. The highest BCUT2D eigenvalue weighted by molar-refractivity contribution is 7.13. The number of aliphatic imine (C=N–C) groups is 1. The van der Waals surface area contributed by atoms with Gasteiger partial charge in [0.1, 0.15) is 5.82 Å². The van der Waals surface area contributed by atoms with Crippen LogP contribution in [-0.4, -0.2) is 41.9 Å². The first kappa shape index (κ1) is 22.5. The maximum atomic E-state index is 11.5. The normalized spacial score (nSPS) is 19.9. The maximum absolute atomic E-state index is 11.5. The molecule has 30 heavy (non-hydrogen) atoms. The lowest BCUT2D eigenvalue weighted by atomic mass is 9.94. The van der Waals surface area contributed by atoms with Crippen molar-refractivity contribution in [2.45, 2.75) is 45.6 Å². The van der Waals surface area contributed by atoms with E-state index in [-0.39, 0.29) is 0 Å². The van der Waals surface area contributed by atoms with Gasteiger partial charge in [-0.3, -0.25) is 10.0 Å². The van der Waals surface area contributed by atoms with E-state index in [0.29, 0.717) is 23.2 Å². The fourth-order valence-corrected chi connectivity index (χ4v) is 5.12. The van der Waals surface area contributed by atoms with Crippen LogP contribution in [0.5, 0.6) is 0 Å². The molecule has 0 radical (unpaired) electrons. The monoisotopic (exact) mass is 428 g/mol. The summed E-state index contributed by atoms with van der Waals surface area (Å²) in [6, 6.07) is 2.38. The Morgan fingerprint density at radius 3 is 2.87 bits per heavy atom. The van der Waals surface area contributed by atoms with Crippen molar-refractivity contribution >= 4 is 29.5 Å². The molecule has 3 N–H and O–H groups in total. The van der Waals surface area contributed by atoms with Crippen LogP contribution < -0.4 is 10.8 Å². The highest BCUT2D eigenvalue weighted by atomic mass is 32.1. The fourth-order valence-electron chi connectivity index (χ4n) is 3.93. The third kappa shape index (κ3) is 5.68. The zero-order valence-corrected chi connectivity index (χ0v) is 18.7. The number of thiophene rings is 1. The molecule has 1 saturated heterocycles. The van der Waals surface area contributed by atoms with Crippen molar-refractivity contribution in [2.75, 3.05) is 19.6 Å². The number of carbonyl (C=O) groups is 1. The van der Waals surface area contributed by atoms with E-state index in [0.717, 1.165) is 45.4 Å². The molecule has 162 valence electrons. The average molecular weight is 429 g/mol. The van der Waals surface area contributed by atoms with Crippen LogP contribution in [-0.2, 0) is 11.3 Å². The zero-order chi connectivity index (χ0) is 21.5. The second-order valence-electron chi connectivity index (χ2n) is 7.99. The largest absolute Gasteiger partial charge is 0.357 e. The molecule has 0 spiro atoms. The SMILES string of the molecule is C=C(/N=C\C(=C/C)C(=O)NO)N1CCC(CNCc2cc3c(s2)C=CCC3C)CC1. The van der Waals surface area contributed by atoms with Crippen molar-refractivity contribution in [3.8, 4) is 0 Å². The van der Waals surface area contributed by atoms with Crippen LogP contribution in [0.1, 0.15) is 54.3 Å². The van der Waals surface area contributed by atoms with E-state index in [1.807, 2.05) is 11.3 Å². The molecule has 1 aromatic rings. The summed E-state index contributed by atoms with van der Waals surface area (Å²) >= 11 is 1.91. The van der Waals surface area contributed by atoms with Gasteiger partial charge in [0.25, 0.3) is 5.91 Å². The number of nitrogens with zero attached hydrogens (tertiary/aromatic N) is 2. The van der Waals surface area contributed by atoms with Gasteiger partial charge in [-0.1, -0.05) is 25.7 Å². The summed E-state index contributed by atoms with van der Waals surface area (Å²) in [7, 11) is 0.